The number of nitrogens with one attached hydrogen (secondary N) is 1. The maximum atomic E-state index is 5.65. The first-order valence-electron chi connectivity index (χ1n) is 6.13. The zero-order chi connectivity index (χ0) is 13.2. The molecule has 0 unspecified atom stereocenters. The Morgan fingerprint density at radius 3 is 2.68 bits per heavy atom. The molecule has 0 saturated heterocycles. The van der Waals surface area contributed by atoms with Crippen molar-refractivity contribution in [3.8, 4) is 0 Å². The number of hydrogen-bond acceptors (Lipinski definition) is 4. The number of anilines is 2. The summed E-state index contributed by atoms with van der Waals surface area (Å²) in [6.45, 7) is 2.68. The van der Waals surface area contributed by atoms with E-state index in [-0.39, 0.29) is 0 Å². The van der Waals surface area contributed by atoms with E-state index in [9.17, 15) is 0 Å². The third-order valence-electron chi connectivity index (χ3n) is 2.98. The fraction of sp³-hybridized carbons (Fsp3) is 0.143. The lowest BCUT2D eigenvalue weighted by atomic mass is 10.2. The molecule has 0 aliphatic carbocycles. The fourth-order valence-electron chi connectivity index (χ4n) is 1.93. The Morgan fingerprint density at radius 2 is 1.95 bits per heavy atom. The minimum absolute atomic E-state index is 0.631. The van der Waals surface area contributed by atoms with Gasteiger partial charge in [0.1, 0.15) is 0 Å². The lowest BCUT2D eigenvalue weighted by molar-refractivity contribution is 0.909. The Hall–Kier alpha value is -2.56. The second-order valence-corrected chi connectivity index (χ2v) is 4.47. The van der Waals surface area contributed by atoms with Crippen LogP contribution in [0.15, 0.2) is 42.5 Å². The van der Waals surface area contributed by atoms with Crippen LogP contribution in [0.4, 0.5) is 11.6 Å². The van der Waals surface area contributed by atoms with Crippen LogP contribution in [-0.4, -0.2) is 14.6 Å². The van der Waals surface area contributed by atoms with Gasteiger partial charge in [0.2, 0.25) is 5.95 Å². The molecule has 3 N–H and O–H groups in total. The van der Waals surface area contributed by atoms with E-state index in [1.54, 1.807) is 0 Å². The van der Waals surface area contributed by atoms with Crippen molar-refractivity contribution in [3.05, 3.63) is 53.7 Å². The highest BCUT2D eigenvalue weighted by Gasteiger charge is 2.04. The van der Waals surface area contributed by atoms with Crippen LogP contribution in [0.2, 0.25) is 0 Å². The second-order valence-electron chi connectivity index (χ2n) is 4.47. The Kier molecular flexibility index (Phi) is 2.79. The molecule has 19 heavy (non-hydrogen) atoms. The highest BCUT2D eigenvalue weighted by molar-refractivity contribution is 5.45. The van der Waals surface area contributed by atoms with Crippen LogP contribution in [0.5, 0.6) is 0 Å². The number of aromatic nitrogens is 3. The third-order valence-corrected chi connectivity index (χ3v) is 2.98. The molecule has 0 radical (unpaired) electrons. The normalized spacial score (nSPS) is 10.8. The fourth-order valence-corrected chi connectivity index (χ4v) is 1.93. The zero-order valence-electron chi connectivity index (χ0n) is 10.7. The van der Waals surface area contributed by atoms with Gasteiger partial charge >= 0.3 is 0 Å². The average Bonchev–Trinajstić information content (AvgIpc) is 2.83. The molecule has 0 bridgehead atoms. The van der Waals surface area contributed by atoms with Crippen LogP contribution in [0.25, 0.3) is 5.65 Å². The molecule has 5 nitrogen and oxygen atoms in total. The van der Waals surface area contributed by atoms with Gasteiger partial charge in [-0.3, -0.25) is 0 Å². The number of nitrogens with two attached hydrogens (primary N) is 1. The van der Waals surface area contributed by atoms with Crippen molar-refractivity contribution in [2.75, 3.05) is 11.1 Å². The average molecular weight is 253 g/mol. The molecule has 2 aromatic heterocycles. The summed E-state index contributed by atoms with van der Waals surface area (Å²) in [7, 11) is 0. The number of pyridine rings is 1. The topological polar surface area (TPSA) is 68.2 Å². The Labute approximate surface area is 111 Å². The van der Waals surface area contributed by atoms with E-state index >= 15 is 0 Å². The molecule has 0 atom stereocenters. The van der Waals surface area contributed by atoms with Crippen molar-refractivity contribution in [1.82, 2.24) is 14.6 Å². The number of benzene rings is 1. The number of nitrogens with zero attached hydrogens (tertiary/aromatic N) is 3. The van der Waals surface area contributed by atoms with Gasteiger partial charge in [-0.2, -0.15) is 4.98 Å². The molecule has 96 valence electrons. The summed E-state index contributed by atoms with van der Waals surface area (Å²) in [4.78, 5) is 4.42. The zero-order valence-corrected chi connectivity index (χ0v) is 10.7. The van der Waals surface area contributed by atoms with Crippen molar-refractivity contribution in [1.29, 1.82) is 0 Å². The van der Waals surface area contributed by atoms with Crippen molar-refractivity contribution >= 4 is 17.3 Å². The molecule has 0 amide bonds. The van der Waals surface area contributed by atoms with Crippen molar-refractivity contribution < 1.29 is 0 Å². The molecule has 0 aliphatic rings. The summed E-state index contributed by atoms with van der Waals surface area (Å²) >= 11 is 0. The molecular weight excluding hydrogens is 238 g/mol. The lowest BCUT2D eigenvalue weighted by Crippen LogP contribution is -2.01. The van der Waals surface area contributed by atoms with Crippen molar-refractivity contribution in [3.63, 3.8) is 0 Å². The second kappa shape index (κ2) is 4.61. The van der Waals surface area contributed by atoms with Gasteiger partial charge in [0.15, 0.2) is 5.65 Å². The van der Waals surface area contributed by atoms with Crippen LogP contribution in [0.1, 0.15) is 11.3 Å². The van der Waals surface area contributed by atoms with E-state index < -0.39 is 0 Å². The number of fused-ring (bicyclic) bond motifs is 1. The van der Waals surface area contributed by atoms with Gasteiger partial charge in [0.25, 0.3) is 0 Å². The summed E-state index contributed by atoms with van der Waals surface area (Å²) in [5.41, 5.74) is 9.47. The molecule has 1 aromatic carbocycles. The molecule has 0 aliphatic heterocycles. The quantitative estimate of drug-likeness (QED) is 0.702. The van der Waals surface area contributed by atoms with Crippen LogP contribution in [-0.2, 0) is 6.54 Å². The predicted octanol–water partition coefficient (Wildman–Crippen LogP) is 2.23. The van der Waals surface area contributed by atoms with Gasteiger partial charge in [-0.05, 0) is 36.8 Å². The van der Waals surface area contributed by atoms with E-state index in [0.717, 1.165) is 22.6 Å². The van der Waals surface area contributed by atoms with Gasteiger partial charge < -0.3 is 11.1 Å². The number of aryl methyl sites for hydroxylation is 1. The third kappa shape index (κ3) is 2.35. The van der Waals surface area contributed by atoms with Crippen molar-refractivity contribution in [2.24, 2.45) is 0 Å². The van der Waals surface area contributed by atoms with Crippen molar-refractivity contribution in [2.45, 2.75) is 13.5 Å². The highest BCUT2D eigenvalue weighted by Crippen LogP contribution is 2.10. The van der Waals surface area contributed by atoms with Crippen LogP contribution in [0, 0.1) is 6.92 Å². The van der Waals surface area contributed by atoms with E-state index in [2.05, 4.69) is 15.4 Å². The standard InChI is InChI=1S/C14H15N5/c1-10-3-2-4-13-17-14(18-19(10)13)16-9-11-5-7-12(15)8-6-11/h2-8H,9,15H2,1H3,(H,16,18). The van der Waals surface area contributed by atoms with Crippen LogP contribution >= 0.6 is 0 Å². The van der Waals surface area contributed by atoms with Gasteiger partial charge in [0, 0.05) is 17.9 Å². The van der Waals surface area contributed by atoms with Gasteiger partial charge in [-0.1, -0.05) is 18.2 Å². The molecule has 0 fully saturated rings. The minimum Gasteiger partial charge on any atom is -0.399 e. The number of nitrogen functional groups attached to an aromatic ring is 1. The Morgan fingerprint density at radius 1 is 1.16 bits per heavy atom. The van der Waals surface area contributed by atoms with Crippen LogP contribution < -0.4 is 11.1 Å². The number of hydrogen-bond donors (Lipinski definition) is 2. The Bertz CT molecular complexity index is 699. The van der Waals surface area contributed by atoms with Gasteiger partial charge in [0.05, 0.1) is 0 Å². The summed E-state index contributed by atoms with van der Waals surface area (Å²) in [5, 5.41) is 7.63. The summed E-state index contributed by atoms with van der Waals surface area (Å²) in [5.74, 6) is 0.631. The highest BCUT2D eigenvalue weighted by atomic mass is 15.3. The van der Waals surface area contributed by atoms with Gasteiger partial charge in [-0.25, -0.2) is 4.52 Å². The van der Waals surface area contributed by atoms with Gasteiger partial charge in [-0.15, -0.1) is 5.10 Å². The molecular formula is C14H15N5. The maximum Gasteiger partial charge on any atom is 0.243 e. The first-order chi connectivity index (χ1) is 9.22. The molecule has 0 spiro atoms. The maximum absolute atomic E-state index is 5.65. The molecule has 2 heterocycles. The molecule has 0 saturated carbocycles. The van der Waals surface area contributed by atoms with Crippen LogP contribution in [0.3, 0.4) is 0 Å². The monoisotopic (exact) mass is 253 g/mol. The predicted molar refractivity (Wildman–Crippen MR) is 75.9 cm³/mol. The van der Waals surface area contributed by atoms with E-state index in [1.165, 1.54) is 0 Å². The first-order valence-corrected chi connectivity index (χ1v) is 6.13. The SMILES string of the molecule is Cc1cccc2nc(NCc3ccc(N)cc3)nn12. The molecule has 5 heteroatoms. The largest absolute Gasteiger partial charge is 0.399 e. The first kappa shape index (κ1) is 11.5. The van der Waals surface area contributed by atoms with E-state index in [1.807, 2.05) is 53.9 Å². The smallest absolute Gasteiger partial charge is 0.243 e. The molecule has 3 aromatic rings. The molecule has 3 rings (SSSR count). The van der Waals surface area contributed by atoms with E-state index in [4.69, 9.17) is 5.73 Å². The summed E-state index contributed by atoms with van der Waals surface area (Å²) in [6, 6.07) is 13.7. The Balaban J connectivity index is 1.78. The minimum atomic E-state index is 0.631. The lowest BCUT2D eigenvalue weighted by Gasteiger charge is -2.02. The summed E-state index contributed by atoms with van der Waals surface area (Å²) in [6.07, 6.45) is 0. The van der Waals surface area contributed by atoms with E-state index in [0.29, 0.717) is 12.5 Å². The summed E-state index contributed by atoms with van der Waals surface area (Å²) < 4.78 is 1.82. The number of rotatable bonds is 3.